The Morgan fingerprint density at radius 3 is 1.96 bits per heavy atom. The van der Waals surface area contributed by atoms with Crippen LogP contribution in [0.3, 0.4) is 0 Å². The molecule has 0 saturated heterocycles. The van der Waals surface area contributed by atoms with Crippen LogP contribution in [0, 0.1) is 5.82 Å². The summed E-state index contributed by atoms with van der Waals surface area (Å²) in [6, 6.07) is 25.0. The number of para-hydroxylation sites is 1. The zero-order valence-electron chi connectivity index (χ0n) is 29.9. The van der Waals surface area contributed by atoms with Gasteiger partial charge in [-0.3, -0.25) is 14.4 Å². The average Bonchev–Trinajstić information content (AvgIpc) is 3.40. The smallest absolute Gasteiger partial charge is 0.308 e. The van der Waals surface area contributed by atoms with Crippen molar-refractivity contribution in [1.29, 1.82) is 0 Å². The van der Waals surface area contributed by atoms with Crippen LogP contribution >= 0.6 is 0 Å². The fourth-order valence-electron chi connectivity index (χ4n) is 5.83. The van der Waals surface area contributed by atoms with Crippen LogP contribution in [0.4, 0.5) is 10.1 Å². The third-order valence-corrected chi connectivity index (χ3v) is 13.8. The van der Waals surface area contributed by atoms with Gasteiger partial charge < -0.3 is 19.0 Å². The molecule has 49 heavy (non-hydrogen) atoms. The lowest BCUT2D eigenvalue weighted by Gasteiger charge is -2.39. The number of esters is 1. The number of anilines is 1. The fourth-order valence-corrected chi connectivity index (χ4v) is 7.19. The number of methoxy groups -OCH3 is 1. The third-order valence-electron chi connectivity index (χ3n) is 9.25. The number of rotatable bonds is 14. The molecule has 1 heterocycles. The van der Waals surface area contributed by atoms with E-state index in [0.29, 0.717) is 23.4 Å². The first kappa shape index (κ1) is 37.5. The summed E-state index contributed by atoms with van der Waals surface area (Å²) in [7, 11) is -0.975. The molecule has 0 saturated carbocycles. The van der Waals surface area contributed by atoms with Gasteiger partial charge in [0, 0.05) is 41.4 Å². The molecule has 0 bridgehead atoms. The fraction of sp³-hybridized carbons (Fsp3) is 0.375. The highest BCUT2D eigenvalue weighted by Gasteiger charge is 2.40. The summed E-state index contributed by atoms with van der Waals surface area (Å²) in [6.45, 7) is 14.6. The number of carbonyl (C=O) groups is 3. The maximum Gasteiger partial charge on any atom is 0.308 e. The Morgan fingerprint density at radius 2 is 1.41 bits per heavy atom. The van der Waals surface area contributed by atoms with Crippen molar-refractivity contribution in [2.45, 2.75) is 90.6 Å². The van der Waals surface area contributed by atoms with E-state index in [0.717, 1.165) is 22.4 Å². The average molecular weight is 685 g/mol. The number of carbonyl (C=O) groups excluding carboxylic acids is 3. The van der Waals surface area contributed by atoms with Crippen LogP contribution in [0.5, 0.6) is 0 Å². The molecule has 0 aliphatic carbocycles. The number of benzene rings is 3. The summed E-state index contributed by atoms with van der Waals surface area (Å²) < 4.78 is 27.7. The summed E-state index contributed by atoms with van der Waals surface area (Å²) in [6.07, 6.45) is -0.103. The van der Waals surface area contributed by atoms with Crippen molar-refractivity contribution in [1.82, 2.24) is 4.57 Å². The first-order chi connectivity index (χ1) is 23.1. The van der Waals surface area contributed by atoms with E-state index >= 15 is 0 Å². The van der Waals surface area contributed by atoms with Crippen LogP contribution in [-0.4, -0.2) is 43.8 Å². The quantitative estimate of drug-likeness (QED) is 0.106. The molecular formula is C40H49FN2O5Si. The van der Waals surface area contributed by atoms with Gasteiger partial charge >= 0.3 is 5.97 Å². The van der Waals surface area contributed by atoms with Crippen molar-refractivity contribution in [3.63, 3.8) is 0 Å². The Morgan fingerprint density at radius 1 is 0.837 bits per heavy atom. The second-order valence-electron chi connectivity index (χ2n) is 14.2. The van der Waals surface area contributed by atoms with Gasteiger partial charge in [-0.2, -0.15) is 0 Å². The second-order valence-corrected chi connectivity index (χ2v) is 19.0. The Bertz CT molecular complexity index is 1740. The number of ether oxygens (including phenoxy) is 1. The number of hydrogen-bond donors (Lipinski definition) is 1. The first-order valence-corrected chi connectivity index (χ1v) is 19.7. The van der Waals surface area contributed by atoms with Crippen LogP contribution in [-0.2, 0) is 25.2 Å². The Hall–Kier alpha value is -4.34. The molecule has 0 fully saturated rings. The third kappa shape index (κ3) is 9.22. The number of aromatic nitrogens is 1. The molecule has 3 aromatic carbocycles. The minimum absolute atomic E-state index is 0.0140. The van der Waals surface area contributed by atoms with Gasteiger partial charge in [-0.05, 0) is 73.8 Å². The summed E-state index contributed by atoms with van der Waals surface area (Å²) in [5.41, 5.74) is 4.95. The van der Waals surface area contributed by atoms with Crippen LogP contribution in [0.25, 0.3) is 22.3 Å². The molecule has 0 aliphatic rings. The molecule has 0 aliphatic heterocycles. The van der Waals surface area contributed by atoms with Crippen molar-refractivity contribution in [2.24, 2.45) is 0 Å². The molecule has 0 spiro atoms. The molecule has 260 valence electrons. The number of ketones is 1. The molecule has 0 unspecified atom stereocenters. The largest absolute Gasteiger partial charge is 0.469 e. The highest BCUT2D eigenvalue weighted by molar-refractivity contribution is 6.74. The van der Waals surface area contributed by atoms with Crippen LogP contribution in [0.2, 0.25) is 18.1 Å². The van der Waals surface area contributed by atoms with Crippen LogP contribution in [0.1, 0.15) is 76.1 Å². The van der Waals surface area contributed by atoms with E-state index in [1.54, 1.807) is 12.1 Å². The van der Waals surface area contributed by atoms with Gasteiger partial charge in [-0.15, -0.1) is 0 Å². The Labute approximate surface area is 291 Å². The summed E-state index contributed by atoms with van der Waals surface area (Å²) in [4.78, 5) is 40.5. The molecule has 0 radical (unpaired) electrons. The van der Waals surface area contributed by atoms with Crippen LogP contribution in [0.15, 0.2) is 84.9 Å². The molecule has 4 rings (SSSR count). The predicted octanol–water partition coefficient (Wildman–Crippen LogP) is 9.64. The van der Waals surface area contributed by atoms with Crippen molar-refractivity contribution in [3.8, 4) is 22.3 Å². The van der Waals surface area contributed by atoms with E-state index in [4.69, 9.17) is 9.16 Å². The molecule has 1 aromatic heterocycles. The van der Waals surface area contributed by atoms with E-state index in [9.17, 15) is 18.8 Å². The van der Waals surface area contributed by atoms with E-state index in [1.165, 1.54) is 19.2 Å². The number of nitrogens with zero attached hydrogens (tertiary/aromatic N) is 1. The normalized spacial score (nSPS) is 12.5. The number of halogens is 1. The maximum absolute atomic E-state index is 14.3. The number of Topliss-reactive ketones (excluding diaryl/α,β-unsaturated/α-hetero) is 1. The lowest BCUT2D eigenvalue weighted by molar-refractivity contribution is -0.142. The van der Waals surface area contributed by atoms with Gasteiger partial charge in [0.1, 0.15) is 17.3 Å². The minimum atomic E-state index is -2.31. The topological polar surface area (TPSA) is 86.6 Å². The molecule has 1 atom stereocenters. The highest BCUT2D eigenvalue weighted by Crippen LogP contribution is 2.43. The van der Waals surface area contributed by atoms with Crippen molar-refractivity contribution >= 4 is 31.7 Å². The zero-order chi connectivity index (χ0) is 35.9. The van der Waals surface area contributed by atoms with Gasteiger partial charge in [0.2, 0.25) is 0 Å². The monoisotopic (exact) mass is 684 g/mol. The van der Waals surface area contributed by atoms with Crippen molar-refractivity contribution < 1.29 is 27.9 Å². The summed E-state index contributed by atoms with van der Waals surface area (Å²) in [5.74, 6) is -1.15. The van der Waals surface area contributed by atoms with Gasteiger partial charge in [0.25, 0.3) is 5.91 Å². The van der Waals surface area contributed by atoms with Crippen molar-refractivity contribution in [3.05, 3.63) is 102 Å². The first-order valence-electron chi connectivity index (χ1n) is 16.8. The molecule has 1 N–H and O–H groups in total. The standard InChI is InChI=1S/C40H49FN2O5Si/c1-27(2)43-34(24-23-32(44)25-33(26-35(45)47-6)48-49(7,8)40(3,4)5)36(29-19-21-30(41)22-20-29)37(28-15-11-9-12-16-28)38(43)39(46)42-31-17-13-10-14-18-31/h9-22,27,33H,23-26H2,1-8H3,(H,42,46)/t33-/m0/s1. The predicted molar refractivity (Wildman–Crippen MR) is 197 cm³/mol. The van der Waals surface area contributed by atoms with Crippen LogP contribution < -0.4 is 5.32 Å². The second kappa shape index (κ2) is 15.9. The van der Waals surface area contributed by atoms with Gasteiger partial charge in [0.15, 0.2) is 8.32 Å². The summed E-state index contributed by atoms with van der Waals surface area (Å²) in [5, 5.41) is 2.96. The zero-order valence-corrected chi connectivity index (χ0v) is 30.9. The van der Waals surface area contributed by atoms with Gasteiger partial charge in [-0.25, -0.2) is 4.39 Å². The van der Waals surface area contributed by atoms with E-state index in [2.05, 4.69) is 39.2 Å². The van der Waals surface area contributed by atoms with Gasteiger partial charge in [-0.1, -0.05) is 81.4 Å². The number of nitrogens with one attached hydrogen (secondary N) is 1. The number of hydrogen-bond acceptors (Lipinski definition) is 5. The number of amides is 1. The van der Waals surface area contributed by atoms with E-state index < -0.39 is 20.4 Å². The lowest BCUT2D eigenvalue weighted by atomic mass is 9.93. The molecule has 7 nitrogen and oxygen atoms in total. The maximum atomic E-state index is 14.3. The minimum Gasteiger partial charge on any atom is -0.469 e. The molecule has 9 heteroatoms. The molecular weight excluding hydrogens is 636 g/mol. The lowest BCUT2D eigenvalue weighted by Crippen LogP contribution is -2.45. The Kier molecular flexibility index (Phi) is 12.2. The summed E-state index contributed by atoms with van der Waals surface area (Å²) >= 11 is 0. The SMILES string of the molecule is COC(=O)C[C@H](CC(=O)CCc1c(-c2ccc(F)cc2)c(-c2ccccc2)c(C(=O)Nc2ccccc2)n1C(C)C)O[Si](C)(C)C(C)(C)C. The van der Waals surface area contributed by atoms with Crippen molar-refractivity contribution in [2.75, 3.05) is 12.4 Å². The van der Waals surface area contributed by atoms with E-state index in [1.807, 2.05) is 79.1 Å². The molecule has 4 aromatic rings. The Balaban J connectivity index is 1.82. The molecule has 1 amide bonds. The van der Waals surface area contributed by atoms with Gasteiger partial charge in [0.05, 0.1) is 19.6 Å². The highest BCUT2D eigenvalue weighted by atomic mass is 28.4. The van der Waals surface area contributed by atoms with E-state index in [-0.39, 0.29) is 47.9 Å².